The fourth-order valence-electron chi connectivity index (χ4n) is 3.18. The number of benzene rings is 2. The predicted octanol–water partition coefficient (Wildman–Crippen LogP) is 4.68. The molecule has 0 spiro atoms. The molecule has 0 unspecified atom stereocenters. The summed E-state index contributed by atoms with van der Waals surface area (Å²) in [6.07, 6.45) is 1.88. The third-order valence-corrected chi connectivity index (χ3v) is 5.70. The van der Waals surface area contributed by atoms with Gasteiger partial charge in [0, 0.05) is 16.0 Å². The maximum Gasteiger partial charge on any atom is 0.303 e. The molecule has 0 aliphatic carbocycles. The Labute approximate surface area is 167 Å². The van der Waals surface area contributed by atoms with Gasteiger partial charge in [-0.3, -0.25) is 4.79 Å². The van der Waals surface area contributed by atoms with Crippen molar-refractivity contribution in [2.75, 3.05) is 6.61 Å². The van der Waals surface area contributed by atoms with Gasteiger partial charge in [0.2, 0.25) is 0 Å². The van der Waals surface area contributed by atoms with Gasteiger partial charge in [-0.25, -0.2) is 0 Å². The zero-order valence-corrected chi connectivity index (χ0v) is 16.4. The van der Waals surface area contributed by atoms with Crippen LogP contribution in [0.25, 0.3) is 10.1 Å². The highest BCUT2D eigenvalue weighted by molar-refractivity contribution is 7.19. The highest BCUT2D eigenvalue weighted by Crippen LogP contribution is 2.32. The number of aliphatic carboxylic acids is 1. The van der Waals surface area contributed by atoms with Crippen LogP contribution in [0.5, 0.6) is 11.5 Å². The number of carboxylic acids is 1. The first-order valence-corrected chi connectivity index (χ1v) is 9.93. The molecule has 28 heavy (non-hydrogen) atoms. The molecule has 0 saturated carbocycles. The highest BCUT2D eigenvalue weighted by Gasteiger charge is 2.13. The lowest BCUT2D eigenvalue weighted by atomic mass is 9.97. The summed E-state index contributed by atoms with van der Waals surface area (Å²) in [4.78, 5) is 12.2. The van der Waals surface area contributed by atoms with Gasteiger partial charge in [0.25, 0.3) is 0 Å². The van der Waals surface area contributed by atoms with Crippen LogP contribution in [0.4, 0.5) is 0 Å². The Morgan fingerprint density at radius 3 is 2.64 bits per heavy atom. The summed E-state index contributed by atoms with van der Waals surface area (Å²) in [6, 6.07) is 13.4. The van der Waals surface area contributed by atoms with Crippen LogP contribution in [0.2, 0.25) is 0 Å². The van der Waals surface area contributed by atoms with Crippen molar-refractivity contribution in [3.05, 3.63) is 58.0 Å². The topological polar surface area (TPSA) is 90.5 Å². The van der Waals surface area contributed by atoms with Gasteiger partial charge in [0.1, 0.15) is 0 Å². The molecule has 3 rings (SSSR count). The number of hydrogen-bond acceptors (Lipinski definition) is 5. The number of thiophene rings is 1. The van der Waals surface area contributed by atoms with Crippen LogP contribution in [-0.4, -0.2) is 22.8 Å². The average molecular weight is 395 g/mol. The van der Waals surface area contributed by atoms with E-state index in [1.54, 1.807) is 17.4 Å². The summed E-state index contributed by atoms with van der Waals surface area (Å²) in [5.74, 6) is -0.402. The summed E-state index contributed by atoms with van der Waals surface area (Å²) in [7, 11) is 0. The lowest BCUT2D eigenvalue weighted by molar-refractivity contribution is -0.136. The summed E-state index contributed by atoms with van der Waals surface area (Å²) in [5, 5.41) is 29.3. The van der Waals surface area contributed by atoms with Crippen molar-refractivity contribution < 1.29 is 19.7 Å². The van der Waals surface area contributed by atoms with Crippen LogP contribution < -0.4 is 4.74 Å². The van der Waals surface area contributed by atoms with Crippen LogP contribution in [-0.2, 0) is 24.1 Å². The van der Waals surface area contributed by atoms with E-state index < -0.39 is 5.97 Å². The van der Waals surface area contributed by atoms with E-state index in [1.165, 1.54) is 4.88 Å². The number of nitrogens with zero attached hydrogens (tertiary/aromatic N) is 1. The molecule has 0 fully saturated rings. The minimum absolute atomic E-state index is 0.0141. The molecular formula is C22H21NO4S. The molecule has 0 atom stereocenters. The molecule has 0 radical (unpaired) electrons. The van der Waals surface area contributed by atoms with E-state index in [9.17, 15) is 9.90 Å². The number of rotatable bonds is 8. The number of nitriles is 1. The fourth-order valence-corrected chi connectivity index (χ4v) is 4.23. The van der Waals surface area contributed by atoms with Crippen molar-refractivity contribution >= 4 is 27.4 Å². The zero-order valence-electron chi connectivity index (χ0n) is 15.6. The monoisotopic (exact) mass is 395 g/mol. The summed E-state index contributed by atoms with van der Waals surface area (Å²) in [5.41, 5.74) is 2.46. The maximum absolute atomic E-state index is 11.0. The Bertz CT molecular complexity index is 1050. The largest absolute Gasteiger partial charge is 0.504 e. The number of phenols is 1. The van der Waals surface area contributed by atoms with E-state index >= 15 is 0 Å². The summed E-state index contributed by atoms with van der Waals surface area (Å²) < 4.78 is 6.63. The number of hydrogen-bond donors (Lipinski definition) is 2. The Morgan fingerprint density at radius 2 is 1.93 bits per heavy atom. The molecule has 6 heteroatoms. The quantitative estimate of drug-likeness (QED) is 0.578. The van der Waals surface area contributed by atoms with Crippen molar-refractivity contribution in [1.29, 1.82) is 5.26 Å². The number of carboxylic acid groups (broad SMARTS) is 1. The second-order valence-corrected chi connectivity index (χ2v) is 7.66. The van der Waals surface area contributed by atoms with Gasteiger partial charge in [0.05, 0.1) is 18.2 Å². The van der Waals surface area contributed by atoms with Crippen molar-refractivity contribution in [2.45, 2.75) is 32.6 Å². The van der Waals surface area contributed by atoms with E-state index in [4.69, 9.17) is 15.1 Å². The van der Waals surface area contributed by atoms with E-state index in [2.05, 4.69) is 12.1 Å². The predicted molar refractivity (Wildman–Crippen MR) is 109 cm³/mol. The molecular weight excluding hydrogens is 374 g/mol. The minimum Gasteiger partial charge on any atom is -0.504 e. The standard InChI is InChI=1S/C22H21NO4S/c1-2-27-20-12-16(15(11-19(20)24)5-8-22(25)26)4-6-18-10-17-9-14(13-23)3-7-21(17)28-18/h3,7,9-12,24H,2,4-6,8H2,1H3,(H,25,26). The molecule has 1 aromatic heterocycles. The molecule has 0 saturated heterocycles. The molecule has 2 aromatic carbocycles. The van der Waals surface area contributed by atoms with Gasteiger partial charge in [-0.15, -0.1) is 11.3 Å². The lowest BCUT2D eigenvalue weighted by Crippen LogP contribution is -2.03. The number of phenolic OH excluding ortho intramolecular Hbond substituents is 1. The zero-order chi connectivity index (χ0) is 20.1. The summed E-state index contributed by atoms with van der Waals surface area (Å²) >= 11 is 1.69. The fraction of sp³-hybridized carbons (Fsp3) is 0.273. The van der Waals surface area contributed by atoms with Crippen molar-refractivity contribution in [2.24, 2.45) is 0 Å². The first-order chi connectivity index (χ1) is 13.5. The van der Waals surface area contributed by atoms with Gasteiger partial charge in [-0.05, 0) is 79.1 Å². The molecule has 0 bridgehead atoms. The molecule has 5 nitrogen and oxygen atoms in total. The van der Waals surface area contributed by atoms with Crippen LogP contribution in [0, 0.1) is 11.3 Å². The van der Waals surface area contributed by atoms with E-state index in [-0.39, 0.29) is 12.2 Å². The van der Waals surface area contributed by atoms with Crippen molar-refractivity contribution in [1.82, 2.24) is 0 Å². The smallest absolute Gasteiger partial charge is 0.303 e. The second kappa shape index (κ2) is 8.77. The van der Waals surface area contributed by atoms with Crippen LogP contribution in [0.1, 0.15) is 34.9 Å². The van der Waals surface area contributed by atoms with Crippen LogP contribution in [0.3, 0.4) is 0 Å². The normalized spacial score (nSPS) is 10.7. The third-order valence-electron chi connectivity index (χ3n) is 4.53. The molecule has 1 heterocycles. The average Bonchev–Trinajstić information content (AvgIpc) is 3.08. The van der Waals surface area contributed by atoms with Gasteiger partial charge in [0.15, 0.2) is 11.5 Å². The van der Waals surface area contributed by atoms with Gasteiger partial charge < -0.3 is 14.9 Å². The Morgan fingerprint density at radius 1 is 1.14 bits per heavy atom. The number of fused-ring (bicyclic) bond motifs is 1. The van der Waals surface area contributed by atoms with Gasteiger partial charge >= 0.3 is 5.97 Å². The van der Waals surface area contributed by atoms with E-state index in [1.807, 2.05) is 31.2 Å². The van der Waals surface area contributed by atoms with Gasteiger partial charge in [-0.1, -0.05) is 0 Å². The molecule has 0 amide bonds. The maximum atomic E-state index is 11.0. The second-order valence-electron chi connectivity index (χ2n) is 6.49. The highest BCUT2D eigenvalue weighted by atomic mass is 32.1. The van der Waals surface area contributed by atoms with Crippen LogP contribution >= 0.6 is 11.3 Å². The molecule has 144 valence electrons. The summed E-state index contributed by atoms with van der Waals surface area (Å²) in [6.45, 7) is 2.29. The van der Waals surface area contributed by atoms with E-state index in [0.29, 0.717) is 30.8 Å². The SMILES string of the molecule is CCOc1cc(CCc2cc3cc(C#N)ccc3s2)c(CCC(=O)O)cc1O. The van der Waals surface area contributed by atoms with E-state index in [0.717, 1.165) is 27.6 Å². The first kappa shape index (κ1) is 19.7. The first-order valence-electron chi connectivity index (χ1n) is 9.12. The number of aromatic hydroxyl groups is 1. The van der Waals surface area contributed by atoms with Crippen molar-refractivity contribution in [3.63, 3.8) is 0 Å². The number of carbonyl (C=O) groups is 1. The Hall–Kier alpha value is -3.04. The Kier molecular flexibility index (Phi) is 6.17. The number of ether oxygens (including phenoxy) is 1. The number of aryl methyl sites for hydroxylation is 3. The molecule has 3 aromatic rings. The minimum atomic E-state index is -0.864. The molecule has 0 aliphatic heterocycles. The molecule has 0 aliphatic rings. The third kappa shape index (κ3) is 4.62. The Balaban J connectivity index is 1.84. The molecule has 2 N–H and O–H groups in total. The lowest BCUT2D eigenvalue weighted by Gasteiger charge is -2.13. The van der Waals surface area contributed by atoms with Crippen molar-refractivity contribution in [3.8, 4) is 17.6 Å². The van der Waals surface area contributed by atoms with Crippen LogP contribution in [0.15, 0.2) is 36.4 Å². The van der Waals surface area contributed by atoms with Gasteiger partial charge in [-0.2, -0.15) is 5.26 Å².